The molecule has 2 aromatic heterocycles. The van der Waals surface area contributed by atoms with E-state index in [0.29, 0.717) is 37.5 Å². The Hall–Kier alpha value is -3.33. The van der Waals surface area contributed by atoms with E-state index in [1.165, 1.54) is 5.56 Å². The van der Waals surface area contributed by atoms with Gasteiger partial charge >= 0.3 is 23.9 Å². The van der Waals surface area contributed by atoms with Gasteiger partial charge in [0.2, 0.25) is 5.88 Å². The van der Waals surface area contributed by atoms with E-state index in [9.17, 15) is 19.5 Å². The Labute approximate surface area is 223 Å². The zero-order valence-corrected chi connectivity index (χ0v) is 22.0. The highest BCUT2D eigenvalue weighted by atomic mass is 32.1. The lowest BCUT2D eigenvalue weighted by molar-refractivity contribution is -0.170. The maximum absolute atomic E-state index is 11.2. The second-order valence-electron chi connectivity index (χ2n) is 8.65. The van der Waals surface area contributed by atoms with E-state index in [4.69, 9.17) is 29.9 Å². The van der Waals surface area contributed by atoms with Crippen LogP contribution in [0.2, 0.25) is 0 Å². The van der Waals surface area contributed by atoms with Crippen molar-refractivity contribution in [3.63, 3.8) is 0 Å². The minimum absolute atomic E-state index is 0.285. The standard InChI is InChI=1S/C18H25N3O3S.C6H8O7/c1-3-23-16-15(11-19-17(20-16)24-4-2)18(22)6-8-21(9-7-18)12-14-5-10-25-13-14;7-3(8)1-6(13,5(11)12)2-4(9)10/h5,10-11,13,22H,3-4,6-9,12H2,1-2H3;13H,1-2H2,(H,7,8)(H,9,10)(H,11,12). The summed E-state index contributed by atoms with van der Waals surface area (Å²) < 4.78 is 11.0. The zero-order chi connectivity index (χ0) is 28.3. The molecule has 5 N–H and O–H groups in total. The number of aliphatic hydroxyl groups is 2. The highest BCUT2D eigenvalue weighted by molar-refractivity contribution is 7.07. The average molecular weight is 556 g/mol. The quantitative estimate of drug-likeness (QED) is 0.253. The fourth-order valence-electron chi connectivity index (χ4n) is 3.82. The van der Waals surface area contributed by atoms with Crippen molar-refractivity contribution in [2.45, 2.75) is 57.3 Å². The van der Waals surface area contributed by atoms with Crippen LogP contribution >= 0.6 is 11.3 Å². The number of rotatable bonds is 12. The zero-order valence-electron chi connectivity index (χ0n) is 21.2. The Morgan fingerprint density at radius 2 is 1.68 bits per heavy atom. The van der Waals surface area contributed by atoms with Crippen LogP contribution in [0.25, 0.3) is 0 Å². The molecule has 0 atom stereocenters. The normalized spacial score (nSPS) is 15.2. The van der Waals surface area contributed by atoms with Gasteiger partial charge in [-0.25, -0.2) is 9.78 Å². The third-order valence-corrected chi connectivity index (χ3v) is 6.47. The minimum Gasteiger partial charge on any atom is -0.481 e. The van der Waals surface area contributed by atoms with Gasteiger partial charge in [-0.3, -0.25) is 14.5 Å². The summed E-state index contributed by atoms with van der Waals surface area (Å²) in [6.07, 6.45) is 0.629. The maximum Gasteiger partial charge on any atom is 0.336 e. The summed E-state index contributed by atoms with van der Waals surface area (Å²) in [6.45, 7) is 7.34. The van der Waals surface area contributed by atoms with Gasteiger partial charge in [0.1, 0.15) is 0 Å². The van der Waals surface area contributed by atoms with Gasteiger partial charge in [-0.05, 0) is 49.1 Å². The molecule has 38 heavy (non-hydrogen) atoms. The number of aromatic nitrogens is 2. The number of thiophene rings is 1. The van der Waals surface area contributed by atoms with Crippen molar-refractivity contribution in [2.24, 2.45) is 0 Å². The van der Waals surface area contributed by atoms with Gasteiger partial charge in [-0.2, -0.15) is 16.3 Å². The number of piperidine rings is 1. The molecule has 2 aromatic rings. The highest BCUT2D eigenvalue weighted by Crippen LogP contribution is 2.38. The van der Waals surface area contributed by atoms with Gasteiger partial charge in [0.15, 0.2) is 5.60 Å². The Bertz CT molecular complexity index is 1060. The van der Waals surface area contributed by atoms with Crippen molar-refractivity contribution in [3.8, 4) is 11.9 Å². The number of aliphatic carboxylic acids is 3. The van der Waals surface area contributed by atoms with Crippen LogP contribution < -0.4 is 9.47 Å². The molecule has 0 bridgehead atoms. The summed E-state index contributed by atoms with van der Waals surface area (Å²) in [7, 11) is 0. The Balaban J connectivity index is 0.000000332. The first-order valence-corrected chi connectivity index (χ1v) is 12.8. The molecule has 1 saturated heterocycles. The van der Waals surface area contributed by atoms with Crippen molar-refractivity contribution in [2.75, 3.05) is 26.3 Å². The number of likely N-dealkylation sites (tertiary alicyclic amines) is 1. The Morgan fingerprint density at radius 1 is 1.08 bits per heavy atom. The molecule has 3 heterocycles. The molecule has 0 spiro atoms. The first-order chi connectivity index (χ1) is 17.9. The first kappa shape index (κ1) is 30.9. The average Bonchev–Trinajstić information content (AvgIpc) is 3.34. The molecule has 0 saturated carbocycles. The third kappa shape index (κ3) is 8.90. The summed E-state index contributed by atoms with van der Waals surface area (Å²) in [5.74, 6) is -4.59. The van der Waals surface area contributed by atoms with Crippen LogP contribution in [0.1, 0.15) is 50.7 Å². The first-order valence-electron chi connectivity index (χ1n) is 11.9. The van der Waals surface area contributed by atoms with Crippen molar-refractivity contribution in [1.82, 2.24) is 14.9 Å². The molecule has 3 rings (SSSR count). The summed E-state index contributed by atoms with van der Waals surface area (Å²) in [6, 6.07) is 2.44. The van der Waals surface area contributed by atoms with Crippen molar-refractivity contribution < 1.29 is 49.4 Å². The molecule has 14 heteroatoms. The molecule has 0 aliphatic carbocycles. The second kappa shape index (κ2) is 14.0. The van der Waals surface area contributed by atoms with Crippen LogP contribution in [-0.2, 0) is 26.5 Å². The van der Waals surface area contributed by atoms with Crippen molar-refractivity contribution >= 4 is 29.2 Å². The van der Waals surface area contributed by atoms with Gasteiger partial charge in [0.05, 0.1) is 37.2 Å². The molecule has 210 valence electrons. The second-order valence-corrected chi connectivity index (χ2v) is 9.43. The summed E-state index contributed by atoms with van der Waals surface area (Å²) in [5, 5.41) is 49.3. The van der Waals surface area contributed by atoms with E-state index in [2.05, 4.69) is 31.7 Å². The fraction of sp³-hybridized carbons (Fsp3) is 0.542. The molecule has 0 unspecified atom stereocenters. The summed E-state index contributed by atoms with van der Waals surface area (Å²) in [5.41, 5.74) is -1.71. The molecule has 0 aromatic carbocycles. The van der Waals surface area contributed by atoms with Gasteiger partial charge in [-0.1, -0.05) is 0 Å². The number of carboxylic acids is 3. The fourth-order valence-corrected chi connectivity index (χ4v) is 4.48. The number of hydrogen-bond donors (Lipinski definition) is 5. The number of carboxylic acid groups (broad SMARTS) is 3. The Kier molecular flexibility index (Phi) is 11.4. The summed E-state index contributed by atoms with van der Waals surface area (Å²) in [4.78, 5) is 41.4. The van der Waals surface area contributed by atoms with Crippen molar-refractivity contribution in [3.05, 3.63) is 34.2 Å². The van der Waals surface area contributed by atoms with E-state index in [0.717, 1.165) is 19.6 Å². The van der Waals surface area contributed by atoms with E-state index < -0.39 is 42.0 Å². The summed E-state index contributed by atoms with van der Waals surface area (Å²) >= 11 is 1.72. The van der Waals surface area contributed by atoms with Gasteiger partial charge in [0.25, 0.3) is 0 Å². The van der Waals surface area contributed by atoms with E-state index in [-0.39, 0.29) is 6.01 Å². The number of hydrogen-bond acceptors (Lipinski definition) is 11. The lowest BCUT2D eigenvalue weighted by atomic mass is 9.85. The molecule has 13 nitrogen and oxygen atoms in total. The predicted molar refractivity (Wildman–Crippen MR) is 134 cm³/mol. The lowest BCUT2D eigenvalue weighted by Crippen LogP contribution is -2.42. The van der Waals surface area contributed by atoms with Crippen LogP contribution in [0, 0.1) is 0 Å². The van der Waals surface area contributed by atoms with E-state index >= 15 is 0 Å². The molecule has 0 amide bonds. The van der Waals surface area contributed by atoms with Crippen LogP contribution in [0.4, 0.5) is 0 Å². The van der Waals surface area contributed by atoms with Gasteiger partial charge in [0, 0.05) is 25.8 Å². The number of ether oxygens (including phenoxy) is 2. The van der Waals surface area contributed by atoms with Crippen LogP contribution in [0.5, 0.6) is 11.9 Å². The largest absolute Gasteiger partial charge is 0.481 e. The number of carbonyl (C=O) groups is 3. The van der Waals surface area contributed by atoms with Crippen LogP contribution in [-0.4, -0.2) is 90.2 Å². The number of nitrogens with zero attached hydrogens (tertiary/aromatic N) is 3. The van der Waals surface area contributed by atoms with E-state index in [1.807, 2.05) is 13.8 Å². The monoisotopic (exact) mass is 555 g/mol. The molecule has 0 radical (unpaired) electrons. The molecule has 1 aliphatic rings. The smallest absolute Gasteiger partial charge is 0.336 e. The molecule has 1 aliphatic heterocycles. The highest BCUT2D eigenvalue weighted by Gasteiger charge is 2.41. The maximum atomic E-state index is 11.2. The molecular weight excluding hydrogens is 522 g/mol. The predicted octanol–water partition coefficient (Wildman–Crippen LogP) is 1.57. The van der Waals surface area contributed by atoms with Gasteiger partial charge < -0.3 is 35.0 Å². The van der Waals surface area contributed by atoms with Crippen LogP contribution in [0.3, 0.4) is 0 Å². The van der Waals surface area contributed by atoms with E-state index in [1.54, 1.807) is 17.5 Å². The van der Waals surface area contributed by atoms with Gasteiger partial charge in [-0.15, -0.1) is 0 Å². The molecule has 1 fully saturated rings. The minimum atomic E-state index is -2.74. The van der Waals surface area contributed by atoms with Crippen molar-refractivity contribution in [1.29, 1.82) is 0 Å². The van der Waals surface area contributed by atoms with Crippen LogP contribution in [0.15, 0.2) is 23.0 Å². The Morgan fingerprint density at radius 3 is 2.16 bits per heavy atom. The third-order valence-electron chi connectivity index (χ3n) is 5.74. The lowest BCUT2D eigenvalue weighted by Gasteiger charge is -2.38. The molecular formula is C24H33N3O10S. The SMILES string of the molecule is CCOc1ncc(C2(O)CCN(Cc3ccsc3)CC2)c(OCC)n1.O=C(O)CC(O)(CC(=O)O)C(=O)O. The topological polar surface area (TPSA) is 200 Å².